The second-order valence-corrected chi connectivity index (χ2v) is 6.54. The predicted molar refractivity (Wildman–Crippen MR) is 99.1 cm³/mol. The monoisotopic (exact) mass is 370 g/mol. The predicted octanol–water partition coefficient (Wildman–Crippen LogP) is 3.97. The number of fused-ring (bicyclic) bond motifs is 1. The van der Waals surface area contributed by atoms with Gasteiger partial charge in [0.05, 0.1) is 23.5 Å². The van der Waals surface area contributed by atoms with Crippen molar-refractivity contribution in [2.24, 2.45) is 0 Å². The van der Waals surface area contributed by atoms with Gasteiger partial charge in [0.15, 0.2) is 0 Å². The van der Waals surface area contributed by atoms with E-state index in [1.54, 1.807) is 18.7 Å². The maximum atomic E-state index is 12.5. The van der Waals surface area contributed by atoms with Crippen molar-refractivity contribution in [3.8, 4) is 5.75 Å². The number of carboxylic acids is 1. The van der Waals surface area contributed by atoms with Crippen LogP contribution in [-0.4, -0.2) is 29.6 Å². The standard InChI is InChI=1S/C20H18O5S/c1-2-24-20(23)15(11-18(21)22)19(13-6-4-3-5-7-13)14-8-9-16-17(10-14)26-12-25-16/h3-10H,2,11-12H2,1H3,(H,21,22)/b19-15+. The van der Waals surface area contributed by atoms with E-state index in [9.17, 15) is 14.7 Å². The van der Waals surface area contributed by atoms with Crippen molar-refractivity contribution >= 4 is 29.3 Å². The molecule has 3 rings (SSSR count). The third-order valence-corrected chi connectivity index (χ3v) is 4.74. The SMILES string of the molecule is CCOC(=O)/C(CC(=O)O)=C(\c1ccccc1)c1ccc2c(c1)SCO2. The number of aliphatic carboxylic acids is 1. The maximum absolute atomic E-state index is 12.5. The molecule has 26 heavy (non-hydrogen) atoms. The van der Waals surface area contributed by atoms with Crippen LogP contribution in [0.5, 0.6) is 5.75 Å². The van der Waals surface area contributed by atoms with Gasteiger partial charge in [0.2, 0.25) is 0 Å². The molecule has 0 aliphatic carbocycles. The molecule has 0 unspecified atom stereocenters. The van der Waals surface area contributed by atoms with Crippen LogP contribution >= 0.6 is 11.8 Å². The molecule has 0 spiro atoms. The topological polar surface area (TPSA) is 72.8 Å². The molecule has 2 aromatic rings. The summed E-state index contributed by atoms with van der Waals surface area (Å²) in [5.74, 6) is -0.358. The van der Waals surface area contributed by atoms with E-state index in [-0.39, 0.29) is 12.2 Å². The molecule has 1 aliphatic heterocycles. The highest BCUT2D eigenvalue weighted by atomic mass is 32.2. The number of carbonyl (C=O) groups excluding carboxylic acids is 1. The number of benzene rings is 2. The lowest BCUT2D eigenvalue weighted by Gasteiger charge is -2.15. The van der Waals surface area contributed by atoms with Crippen LogP contribution in [-0.2, 0) is 14.3 Å². The molecule has 1 aliphatic rings. The third kappa shape index (κ3) is 3.91. The average Bonchev–Trinajstić information content (AvgIpc) is 3.10. The first-order valence-corrected chi connectivity index (χ1v) is 9.16. The Morgan fingerprint density at radius 2 is 1.92 bits per heavy atom. The highest BCUT2D eigenvalue weighted by molar-refractivity contribution is 7.99. The van der Waals surface area contributed by atoms with Crippen LogP contribution in [0.1, 0.15) is 24.5 Å². The maximum Gasteiger partial charge on any atom is 0.335 e. The molecule has 0 atom stereocenters. The van der Waals surface area contributed by atoms with E-state index < -0.39 is 18.4 Å². The summed E-state index contributed by atoms with van der Waals surface area (Å²) in [6, 6.07) is 14.9. The highest BCUT2D eigenvalue weighted by Gasteiger charge is 2.23. The van der Waals surface area contributed by atoms with Gasteiger partial charge in [-0.1, -0.05) is 48.2 Å². The fourth-order valence-electron chi connectivity index (χ4n) is 2.80. The zero-order chi connectivity index (χ0) is 18.5. The molecule has 134 valence electrons. The minimum absolute atomic E-state index is 0.134. The number of rotatable bonds is 6. The Bertz CT molecular complexity index is 858. The zero-order valence-electron chi connectivity index (χ0n) is 14.2. The molecule has 0 aromatic heterocycles. The fourth-order valence-corrected chi connectivity index (χ4v) is 3.60. The molecule has 0 amide bonds. The van der Waals surface area contributed by atoms with Gasteiger partial charge in [-0.25, -0.2) is 4.79 Å². The second-order valence-electron chi connectivity index (χ2n) is 5.58. The van der Waals surface area contributed by atoms with E-state index in [2.05, 4.69) is 0 Å². The minimum Gasteiger partial charge on any atom is -0.481 e. The Kier molecular flexibility index (Phi) is 5.63. The molecule has 1 heterocycles. The summed E-state index contributed by atoms with van der Waals surface area (Å²) < 4.78 is 10.6. The highest BCUT2D eigenvalue weighted by Crippen LogP contribution is 2.39. The summed E-state index contributed by atoms with van der Waals surface area (Å²) in [4.78, 5) is 24.9. The Balaban J connectivity index is 2.21. The van der Waals surface area contributed by atoms with Gasteiger partial charge < -0.3 is 14.6 Å². The molecule has 0 fully saturated rings. The van der Waals surface area contributed by atoms with E-state index in [1.165, 1.54) is 0 Å². The van der Waals surface area contributed by atoms with E-state index in [0.29, 0.717) is 11.5 Å². The average molecular weight is 370 g/mol. The molecule has 1 N–H and O–H groups in total. The lowest BCUT2D eigenvalue weighted by molar-refractivity contribution is -0.142. The first kappa shape index (κ1) is 18.1. The van der Waals surface area contributed by atoms with Crippen LogP contribution in [0.25, 0.3) is 5.57 Å². The molecule has 5 nitrogen and oxygen atoms in total. The molecule has 0 bridgehead atoms. The van der Waals surface area contributed by atoms with Gasteiger partial charge in [-0.2, -0.15) is 0 Å². The summed E-state index contributed by atoms with van der Waals surface area (Å²) in [5, 5.41) is 9.33. The number of hydrogen-bond donors (Lipinski definition) is 1. The van der Waals surface area contributed by atoms with Crippen molar-refractivity contribution in [2.45, 2.75) is 18.2 Å². The molecule has 0 radical (unpaired) electrons. The summed E-state index contributed by atoms with van der Waals surface area (Å²) in [6.45, 7) is 1.87. The van der Waals surface area contributed by atoms with Gasteiger partial charge in [0.1, 0.15) is 11.7 Å². The van der Waals surface area contributed by atoms with Crippen LogP contribution in [0.3, 0.4) is 0 Å². The Morgan fingerprint density at radius 3 is 2.62 bits per heavy atom. The zero-order valence-corrected chi connectivity index (χ0v) is 15.0. The smallest absolute Gasteiger partial charge is 0.335 e. The van der Waals surface area contributed by atoms with Crippen molar-refractivity contribution in [1.82, 2.24) is 0 Å². The molecule has 2 aromatic carbocycles. The second kappa shape index (κ2) is 8.10. The first-order chi connectivity index (χ1) is 12.6. The van der Waals surface area contributed by atoms with Crippen molar-refractivity contribution in [2.75, 3.05) is 12.5 Å². The summed E-state index contributed by atoms with van der Waals surface area (Å²) in [5.41, 5.74) is 2.23. The summed E-state index contributed by atoms with van der Waals surface area (Å²) in [7, 11) is 0. The number of thioether (sulfide) groups is 1. The Morgan fingerprint density at radius 1 is 1.15 bits per heavy atom. The Labute approximate surface area is 155 Å². The van der Waals surface area contributed by atoms with Crippen LogP contribution in [0, 0.1) is 0 Å². The van der Waals surface area contributed by atoms with Crippen molar-refractivity contribution in [1.29, 1.82) is 0 Å². The third-order valence-electron chi connectivity index (χ3n) is 3.88. The lowest BCUT2D eigenvalue weighted by atomic mass is 9.91. The molecule has 6 heteroatoms. The normalized spacial score (nSPS) is 13.4. The van der Waals surface area contributed by atoms with Gasteiger partial charge in [-0.15, -0.1) is 0 Å². The quantitative estimate of drug-likeness (QED) is 0.613. The van der Waals surface area contributed by atoms with Gasteiger partial charge in [-0.3, -0.25) is 4.79 Å². The van der Waals surface area contributed by atoms with Crippen molar-refractivity contribution < 1.29 is 24.2 Å². The fraction of sp³-hybridized carbons (Fsp3) is 0.200. The van der Waals surface area contributed by atoms with E-state index in [4.69, 9.17) is 9.47 Å². The van der Waals surface area contributed by atoms with Gasteiger partial charge >= 0.3 is 11.9 Å². The lowest BCUT2D eigenvalue weighted by Crippen LogP contribution is -2.14. The van der Waals surface area contributed by atoms with Crippen molar-refractivity contribution in [3.63, 3.8) is 0 Å². The van der Waals surface area contributed by atoms with E-state index >= 15 is 0 Å². The molecule has 0 saturated carbocycles. The number of carboxylic acid groups (broad SMARTS) is 1. The van der Waals surface area contributed by atoms with Crippen LogP contribution < -0.4 is 4.74 Å². The first-order valence-electron chi connectivity index (χ1n) is 8.17. The number of ether oxygens (including phenoxy) is 2. The van der Waals surface area contributed by atoms with E-state index in [0.717, 1.165) is 21.8 Å². The van der Waals surface area contributed by atoms with Gasteiger partial charge in [0, 0.05) is 0 Å². The minimum atomic E-state index is -1.08. The van der Waals surface area contributed by atoms with Gasteiger partial charge in [-0.05, 0) is 35.8 Å². The molecular formula is C20H18O5S. The van der Waals surface area contributed by atoms with Crippen LogP contribution in [0.2, 0.25) is 0 Å². The van der Waals surface area contributed by atoms with Gasteiger partial charge in [0.25, 0.3) is 0 Å². The van der Waals surface area contributed by atoms with Crippen molar-refractivity contribution in [3.05, 3.63) is 65.2 Å². The number of esters is 1. The number of hydrogen-bond acceptors (Lipinski definition) is 5. The molecule has 0 saturated heterocycles. The Hall–Kier alpha value is -2.73. The summed E-state index contributed by atoms with van der Waals surface area (Å²) >= 11 is 1.56. The number of carbonyl (C=O) groups is 2. The van der Waals surface area contributed by atoms with E-state index in [1.807, 2.05) is 48.5 Å². The largest absolute Gasteiger partial charge is 0.481 e. The van der Waals surface area contributed by atoms with Crippen LogP contribution in [0.15, 0.2) is 59.0 Å². The summed E-state index contributed by atoms with van der Waals surface area (Å²) in [6.07, 6.45) is -0.413. The molecular weight excluding hydrogens is 352 g/mol. The van der Waals surface area contributed by atoms with Crippen LogP contribution in [0.4, 0.5) is 0 Å².